The maximum Gasteiger partial charge on any atom is 0.250 e. The summed E-state index contributed by atoms with van der Waals surface area (Å²) in [7, 11) is 0. The number of pyridine rings is 1. The largest absolute Gasteiger partial charge is 0.312 e. The summed E-state index contributed by atoms with van der Waals surface area (Å²) in [5, 5.41) is 0. The van der Waals surface area contributed by atoms with E-state index in [0.29, 0.717) is 0 Å². The lowest BCUT2D eigenvalue weighted by Gasteiger charge is -2.21. The van der Waals surface area contributed by atoms with Gasteiger partial charge in [-0.15, -0.1) is 0 Å². The van der Waals surface area contributed by atoms with Gasteiger partial charge in [-0.1, -0.05) is 26.8 Å². The van der Waals surface area contributed by atoms with Crippen molar-refractivity contribution in [3.63, 3.8) is 0 Å². The third kappa shape index (κ3) is 2.72. The van der Waals surface area contributed by atoms with E-state index >= 15 is 0 Å². The van der Waals surface area contributed by atoms with Crippen molar-refractivity contribution >= 4 is 0 Å². The monoisotopic (exact) mass is 179 g/mol. The number of hydrogen-bond acceptors (Lipinski definition) is 1. The van der Waals surface area contributed by atoms with Crippen LogP contribution in [0.15, 0.2) is 23.0 Å². The molecule has 0 saturated heterocycles. The minimum Gasteiger partial charge on any atom is -0.312 e. The molecule has 2 nitrogen and oxygen atoms in total. The van der Waals surface area contributed by atoms with Crippen molar-refractivity contribution in [2.75, 3.05) is 0 Å². The Morgan fingerprint density at radius 2 is 1.92 bits per heavy atom. The molecule has 0 bridgehead atoms. The highest BCUT2D eigenvalue weighted by Gasteiger charge is 2.12. The average molecular weight is 179 g/mol. The fraction of sp³-hybridized carbons (Fsp3) is 0.545. The fourth-order valence-electron chi connectivity index (χ4n) is 1.30. The maximum atomic E-state index is 11.5. The Morgan fingerprint density at radius 1 is 1.31 bits per heavy atom. The Labute approximate surface area is 79.2 Å². The van der Waals surface area contributed by atoms with E-state index in [-0.39, 0.29) is 11.0 Å². The summed E-state index contributed by atoms with van der Waals surface area (Å²) in [4.78, 5) is 11.5. The van der Waals surface area contributed by atoms with Crippen LogP contribution < -0.4 is 5.56 Å². The highest BCUT2D eigenvalue weighted by Crippen LogP contribution is 2.15. The molecule has 0 unspecified atom stereocenters. The molecule has 1 rings (SSSR count). The Balaban J connectivity index is 3.08. The number of hydrogen-bond donors (Lipinski definition) is 0. The van der Waals surface area contributed by atoms with Crippen molar-refractivity contribution in [1.29, 1.82) is 0 Å². The van der Waals surface area contributed by atoms with Crippen molar-refractivity contribution in [3.8, 4) is 0 Å². The first-order chi connectivity index (χ1) is 5.90. The molecule has 1 aromatic rings. The van der Waals surface area contributed by atoms with Crippen LogP contribution in [0.3, 0.4) is 0 Å². The molecule has 0 N–H and O–H groups in total. The first-order valence-corrected chi connectivity index (χ1v) is 4.57. The molecule has 0 aliphatic rings. The van der Waals surface area contributed by atoms with Crippen molar-refractivity contribution in [2.45, 2.75) is 34.2 Å². The molecule has 1 aromatic heterocycles. The van der Waals surface area contributed by atoms with Crippen molar-refractivity contribution in [3.05, 3.63) is 34.2 Å². The summed E-state index contributed by atoms with van der Waals surface area (Å²) in [5.41, 5.74) is 1.27. The Kier molecular flexibility index (Phi) is 2.60. The molecule has 0 aromatic carbocycles. The van der Waals surface area contributed by atoms with Crippen LogP contribution >= 0.6 is 0 Å². The minimum atomic E-state index is 0.0925. The zero-order chi connectivity index (χ0) is 10.1. The zero-order valence-electron chi connectivity index (χ0n) is 8.79. The molecule has 0 aliphatic heterocycles. The Hall–Kier alpha value is -1.05. The number of nitrogens with zero attached hydrogens (tertiary/aromatic N) is 1. The lowest BCUT2D eigenvalue weighted by Crippen LogP contribution is -2.27. The predicted octanol–water partition coefficient (Wildman–Crippen LogP) is 2.20. The molecule has 2 heteroatoms. The lowest BCUT2D eigenvalue weighted by molar-refractivity contribution is 0.334. The van der Waals surface area contributed by atoms with Gasteiger partial charge in [-0.05, 0) is 18.4 Å². The van der Waals surface area contributed by atoms with E-state index in [1.165, 1.54) is 0 Å². The summed E-state index contributed by atoms with van der Waals surface area (Å²) in [6.45, 7) is 9.13. The molecule has 0 amide bonds. The van der Waals surface area contributed by atoms with Gasteiger partial charge in [-0.2, -0.15) is 0 Å². The number of aryl methyl sites for hydroxylation is 1. The topological polar surface area (TPSA) is 22.0 Å². The lowest BCUT2D eigenvalue weighted by atomic mass is 9.96. The van der Waals surface area contributed by atoms with E-state index in [1.54, 1.807) is 12.1 Å². The van der Waals surface area contributed by atoms with Gasteiger partial charge in [-0.3, -0.25) is 4.79 Å². The van der Waals surface area contributed by atoms with Crippen LogP contribution in [0.2, 0.25) is 0 Å². The number of rotatable bonds is 1. The van der Waals surface area contributed by atoms with E-state index in [0.717, 1.165) is 12.2 Å². The normalized spacial score (nSPS) is 11.7. The second-order valence-electron chi connectivity index (χ2n) is 4.65. The zero-order valence-corrected chi connectivity index (χ0v) is 8.79. The fourth-order valence-corrected chi connectivity index (χ4v) is 1.30. The molecule has 0 fully saturated rings. The summed E-state index contributed by atoms with van der Waals surface area (Å²) < 4.78 is 1.82. The standard InChI is InChI=1S/C11H17NO/c1-9-6-5-7-10(13)12(9)8-11(2,3)4/h5-7H,8H2,1-4H3. The SMILES string of the molecule is Cc1cccc(=O)n1CC(C)(C)C. The molecule has 0 saturated carbocycles. The predicted molar refractivity (Wildman–Crippen MR) is 54.9 cm³/mol. The third-order valence-corrected chi connectivity index (χ3v) is 1.90. The molecule has 1 heterocycles. The smallest absolute Gasteiger partial charge is 0.250 e. The van der Waals surface area contributed by atoms with Gasteiger partial charge in [0.1, 0.15) is 0 Å². The van der Waals surface area contributed by atoms with Crippen LogP contribution in [0.25, 0.3) is 0 Å². The van der Waals surface area contributed by atoms with Crippen molar-refractivity contribution in [2.24, 2.45) is 5.41 Å². The quantitative estimate of drug-likeness (QED) is 0.647. The molecular formula is C11H17NO. The summed E-state index contributed by atoms with van der Waals surface area (Å²) >= 11 is 0. The van der Waals surface area contributed by atoms with E-state index in [2.05, 4.69) is 20.8 Å². The second kappa shape index (κ2) is 3.36. The molecule has 0 aliphatic carbocycles. The van der Waals surface area contributed by atoms with Crippen LogP contribution in [0, 0.1) is 12.3 Å². The first kappa shape index (κ1) is 10.0. The summed E-state index contributed by atoms with van der Waals surface area (Å²) in [5.74, 6) is 0. The van der Waals surface area contributed by atoms with Gasteiger partial charge in [-0.25, -0.2) is 0 Å². The summed E-state index contributed by atoms with van der Waals surface area (Å²) in [6, 6.07) is 5.38. The van der Waals surface area contributed by atoms with Crippen LogP contribution in [0.5, 0.6) is 0 Å². The highest BCUT2D eigenvalue weighted by molar-refractivity contribution is 5.04. The molecule has 72 valence electrons. The summed E-state index contributed by atoms with van der Waals surface area (Å²) in [6.07, 6.45) is 0. The van der Waals surface area contributed by atoms with E-state index < -0.39 is 0 Å². The van der Waals surface area contributed by atoms with E-state index in [9.17, 15) is 4.79 Å². The molecule has 13 heavy (non-hydrogen) atoms. The Morgan fingerprint density at radius 3 is 2.38 bits per heavy atom. The molecule has 0 spiro atoms. The second-order valence-corrected chi connectivity index (χ2v) is 4.65. The van der Waals surface area contributed by atoms with Gasteiger partial charge in [0.2, 0.25) is 0 Å². The molecular weight excluding hydrogens is 162 g/mol. The van der Waals surface area contributed by atoms with E-state index in [1.807, 2.05) is 17.6 Å². The van der Waals surface area contributed by atoms with Gasteiger partial charge in [0.15, 0.2) is 0 Å². The molecule has 0 radical (unpaired) electrons. The first-order valence-electron chi connectivity index (χ1n) is 4.57. The van der Waals surface area contributed by atoms with Gasteiger partial charge in [0.05, 0.1) is 0 Å². The van der Waals surface area contributed by atoms with E-state index in [4.69, 9.17) is 0 Å². The van der Waals surface area contributed by atoms with Gasteiger partial charge in [0, 0.05) is 18.3 Å². The third-order valence-electron chi connectivity index (χ3n) is 1.90. The Bertz CT molecular complexity index is 344. The van der Waals surface area contributed by atoms with Gasteiger partial charge < -0.3 is 4.57 Å². The maximum absolute atomic E-state index is 11.5. The minimum absolute atomic E-state index is 0.0925. The van der Waals surface area contributed by atoms with Crippen molar-refractivity contribution in [1.82, 2.24) is 4.57 Å². The average Bonchev–Trinajstić information content (AvgIpc) is 1.95. The van der Waals surface area contributed by atoms with Crippen LogP contribution in [0.1, 0.15) is 26.5 Å². The van der Waals surface area contributed by atoms with Crippen LogP contribution in [-0.2, 0) is 6.54 Å². The van der Waals surface area contributed by atoms with Gasteiger partial charge >= 0.3 is 0 Å². The van der Waals surface area contributed by atoms with Crippen LogP contribution in [-0.4, -0.2) is 4.57 Å². The highest BCUT2D eigenvalue weighted by atomic mass is 16.1. The number of aromatic nitrogens is 1. The van der Waals surface area contributed by atoms with Gasteiger partial charge in [0.25, 0.3) is 5.56 Å². The molecule has 0 atom stereocenters. The van der Waals surface area contributed by atoms with Crippen LogP contribution in [0.4, 0.5) is 0 Å². The van der Waals surface area contributed by atoms with Crippen molar-refractivity contribution < 1.29 is 0 Å².